The van der Waals surface area contributed by atoms with Gasteiger partial charge in [-0.3, -0.25) is 19.2 Å². The van der Waals surface area contributed by atoms with Gasteiger partial charge in [0.2, 0.25) is 23.6 Å². The molecule has 0 bridgehead atoms. The van der Waals surface area contributed by atoms with Crippen LogP contribution in [0.1, 0.15) is 32.1 Å². The number of rotatable bonds is 16. The first kappa shape index (κ1) is 28.6. The highest BCUT2D eigenvalue weighted by atomic mass is 32.1. The van der Waals surface area contributed by atoms with Crippen LogP contribution in [0.15, 0.2) is 0 Å². The number of unbranched alkanes of at least 4 members (excludes halogenated alkanes) is 1. The molecule has 4 unspecified atom stereocenters. The zero-order valence-electron chi connectivity index (χ0n) is 17.1. The van der Waals surface area contributed by atoms with Crippen LogP contribution in [-0.2, 0) is 24.0 Å². The summed E-state index contributed by atoms with van der Waals surface area (Å²) in [4.78, 5) is 59.2. The van der Waals surface area contributed by atoms with Crippen LogP contribution in [0.4, 0.5) is 0 Å². The second kappa shape index (κ2) is 15.4. The number of nitrogens with two attached hydrogens (primary N) is 3. The molecule has 0 rings (SSSR count). The van der Waals surface area contributed by atoms with Crippen molar-refractivity contribution < 1.29 is 34.2 Å². The molecule has 4 amide bonds. The van der Waals surface area contributed by atoms with Crippen molar-refractivity contribution in [3.05, 3.63) is 0 Å². The molecule has 11 N–H and O–H groups in total. The van der Waals surface area contributed by atoms with Crippen LogP contribution < -0.4 is 33.2 Å². The zero-order chi connectivity index (χ0) is 24.0. The second-order valence-electron chi connectivity index (χ2n) is 6.78. The average molecular weight is 465 g/mol. The zero-order valence-corrected chi connectivity index (χ0v) is 18.0. The van der Waals surface area contributed by atoms with Gasteiger partial charge in [-0.15, -0.1) is 0 Å². The molecular formula is C17H32N6O7S. The molecule has 0 saturated heterocycles. The van der Waals surface area contributed by atoms with Crippen LogP contribution in [0.3, 0.4) is 0 Å². The number of aliphatic carboxylic acids is 1. The number of hydrogen-bond donors (Lipinski definition) is 9. The van der Waals surface area contributed by atoms with E-state index in [1.54, 1.807) is 0 Å². The SMILES string of the molecule is NCCCCC(N)C(=O)NC(CCC(N)=O)C(=O)NC(CS)C(=O)NC(CO)C(=O)O. The van der Waals surface area contributed by atoms with Crippen molar-refractivity contribution in [2.24, 2.45) is 17.2 Å². The number of nitrogens with one attached hydrogen (secondary N) is 3. The summed E-state index contributed by atoms with van der Waals surface area (Å²) in [6, 6.07) is -4.96. The van der Waals surface area contributed by atoms with E-state index in [0.717, 1.165) is 0 Å². The Morgan fingerprint density at radius 3 is 1.90 bits per heavy atom. The third-order valence-electron chi connectivity index (χ3n) is 4.23. The Hall–Kier alpha value is -2.42. The van der Waals surface area contributed by atoms with Gasteiger partial charge in [0.25, 0.3) is 0 Å². The van der Waals surface area contributed by atoms with E-state index in [1.165, 1.54) is 0 Å². The third kappa shape index (κ3) is 11.5. The highest BCUT2D eigenvalue weighted by Crippen LogP contribution is 2.03. The van der Waals surface area contributed by atoms with Crippen LogP contribution >= 0.6 is 12.6 Å². The Balaban J connectivity index is 5.15. The average Bonchev–Trinajstić information content (AvgIpc) is 2.72. The largest absolute Gasteiger partial charge is 0.480 e. The summed E-state index contributed by atoms with van der Waals surface area (Å²) < 4.78 is 0. The lowest BCUT2D eigenvalue weighted by Crippen LogP contribution is -2.58. The maximum absolute atomic E-state index is 12.6. The van der Waals surface area contributed by atoms with E-state index in [1.807, 2.05) is 0 Å². The predicted octanol–water partition coefficient (Wildman–Crippen LogP) is -3.83. The summed E-state index contributed by atoms with van der Waals surface area (Å²) in [7, 11) is 0. The molecule has 14 heteroatoms. The summed E-state index contributed by atoms with van der Waals surface area (Å²) in [5.74, 6) is -4.70. The maximum Gasteiger partial charge on any atom is 0.328 e. The van der Waals surface area contributed by atoms with Gasteiger partial charge in [0.05, 0.1) is 12.6 Å². The highest BCUT2D eigenvalue weighted by Gasteiger charge is 2.29. The van der Waals surface area contributed by atoms with Crippen LogP contribution in [0.5, 0.6) is 0 Å². The van der Waals surface area contributed by atoms with Crippen molar-refractivity contribution in [2.45, 2.75) is 56.3 Å². The minimum Gasteiger partial charge on any atom is -0.480 e. The van der Waals surface area contributed by atoms with Crippen LogP contribution in [0, 0.1) is 0 Å². The molecule has 13 nitrogen and oxygen atoms in total. The minimum atomic E-state index is -1.57. The van der Waals surface area contributed by atoms with E-state index >= 15 is 0 Å². The lowest BCUT2D eigenvalue weighted by Gasteiger charge is -2.24. The van der Waals surface area contributed by atoms with E-state index in [2.05, 4.69) is 28.6 Å². The van der Waals surface area contributed by atoms with Gasteiger partial charge in [-0.1, -0.05) is 6.42 Å². The van der Waals surface area contributed by atoms with Crippen molar-refractivity contribution in [1.82, 2.24) is 16.0 Å². The van der Waals surface area contributed by atoms with Crippen molar-refractivity contribution in [3.63, 3.8) is 0 Å². The van der Waals surface area contributed by atoms with Crippen molar-refractivity contribution in [1.29, 1.82) is 0 Å². The fourth-order valence-corrected chi connectivity index (χ4v) is 2.66. The standard InChI is InChI=1S/C17H32N6O7S/c18-6-2-1-3-9(19)14(26)21-10(4-5-13(20)25)15(27)23-12(8-31)16(28)22-11(7-24)17(29)30/h9-12,24,31H,1-8,18-19H2,(H2,20,25)(H,21,26)(H,22,28)(H,23,27)(H,29,30). The number of primary amides is 1. The first-order valence-electron chi connectivity index (χ1n) is 9.66. The molecule has 0 fully saturated rings. The second-order valence-corrected chi connectivity index (χ2v) is 7.15. The summed E-state index contributed by atoms with van der Waals surface area (Å²) in [6.45, 7) is -0.405. The molecule has 0 aliphatic rings. The predicted molar refractivity (Wildman–Crippen MR) is 114 cm³/mol. The van der Waals surface area contributed by atoms with Crippen LogP contribution in [0.2, 0.25) is 0 Å². The number of carbonyl (C=O) groups is 5. The summed E-state index contributed by atoms with van der Waals surface area (Å²) in [5.41, 5.74) is 16.3. The van der Waals surface area contributed by atoms with Gasteiger partial charge >= 0.3 is 5.97 Å². The Morgan fingerprint density at radius 1 is 0.871 bits per heavy atom. The molecule has 0 aliphatic carbocycles. The Morgan fingerprint density at radius 2 is 1.42 bits per heavy atom. The van der Waals surface area contributed by atoms with Gasteiger partial charge in [-0.2, -0.15) is 12.6 Å². The molecular weight excluding hydrogens is 432 g/mol. The van der Waals surface area contributed by atoms with E-state index in [-0.39, 0.29) is 18.6 Å². The Labute approximate surface area is 185 Å². The quantitative estimate of drug-likeness (QED) is 0.0801. The third-order valence-corrected chi connectivity index (χ3v) is 4.60. The van der Waals surface area contributed by atoms with Crippen molar-refractivity contribution in [2.75, 3.05) is 18.9 Å². The lowest BCUT2D eigenvalue weighted by atomic mass is 10.1. The van der Waals surface area contributed by atoms with Gasteiger partial charge in [0.1, 0.15) is 18.1 Å². The van der Waals surface area contributed by atoms with Crippen LogP contribution in [-0.4, -0.2) is 82.9 Å². The first-order chi connectivity index (χ1) is 14.6. The normalized spacial score (nSPS) is 14.6. The number of aliphatic hydroxyl groups excluding tert-OH is 1. The van der Waals surface area contributed by atoms with Crippen molar-refractivity contribution >= 4 is 42.2 Å². The topological polar surface area (TPSA) is 240 Å². The van der Waals surface area contributed by atoms with Gasteiger partial charge in [-0.05, 0) is 25.8 Å². The molecule has 4 atom stereocenters. The number of hydrogen-bond acceptors (Lipinski definition) is 9. The molecule has 0 radical (unpaired) electrons. The molecule has 178 valence electrons. The Bertz CT molecular complexity index is 636. The van der Waals surface area contributed by atoms with Crippen LogP contribution in [0.25, 0.3) is 0 Å². The molecule has 0 aliphatic heterocycles. The summed E-state index contributed by atoms with van der Waals surface area (Å²) in [5, 5.41) is 24.7. The molecule has 0 aromatic heterocycles. The number of amides is 4. The fraction of sp³-hybridized carbons (Fsp3) is 0.706. The Kier molecular flexibility index (Phi) is 14.2. The molecule has 31 heavy (non-hydrogen) atoms. The summed E-state index contributed by atoms with van der Waals surface area (Å²) >= 11 is 3.96. The van der Waals surface area contributed by atoms with E-state index < -0.39 is 60.4 Å². The molecule has 0 spiro atoms. The number of carboxylic acids is 1. The molecule has 0 heterocycles. The first-order valence-corrected chi connectivity index (χ1v) is 10.3. The molecule has 0 aromatic carbocycles. The smallest absolute Gasteiger partial charge is 0.328 e. The van der Waals surface area contributed by atoms with Gasteiger partial charge in [0, 0.05) is 12.2 Å². The van der Waals surface area contributed by atoms with Gasteiger partial charge in [0.15, 0.2) is 0 Å². The van der Waals surface area contributed by atoms with E-state index in [4.69, 9.17) is 27.4 Å². The van der Waals surface area contributed by atoms with Gasteiger partial charge < -0.3 is 43.4 Å². The monoisotopic (exact) mass is 464 g/mol. The minimum absolute atomic E-state index is 0.141. The van der Waals surface area contributed by atoms with E-state index in [0.29, 0.717) is 25.8 Å². The number of thiol groups is 1. The maximum atomic E-state index is 12.6. The fourth-order valence-electron chi connectivity index (χ4n) is 2.40. The van der Waals surface area contributed by atoms with E-state index in [9.17, 15) is 24.0 Å². The van der Waals surface area contributed by atoms with Gasteiger partial charge in [-0.25, -0.2) is 4.79 Å². The van der Waals surface area contributed by atoms with Crippen molar-refractivity contribution in [3.8, 4) is 0 Å². The number of carbonyl (C=O) groups excluding carboxylic acids is 4. The molecule has 0 aromatic rings. The number of carboxylic acid groups (broad SMARTS) is 1. The number of aliphatic hydroxyl groups is 1. The molecule has 0 saturated carbocycles. The summed E-state index contributed by atoms with van der Waals surface area (Å²) in [6.07, 6.45) is 1.27. The highest BCUT2D eigenvalue weighted by molar-refractivity contribution is 7.80. The lowest BCUT2D eigenvalue weighted by molar-refractivity contribution is -0.143.